The number of hydrogen-bond donors (Lipinski definition) is 1. The molecule has 0 unspecified atom stereocenters. The van der Waals surface area contributed by atoms with Gasteiger partial charge in [0, 0.05) is 25.2 Å². The highest BCUT2D eigenvalue weighted by molar-refractivity contribution is 6.07. The fourth-order valence-corrected chi connectivity index (χ4v) is 3.68. The molecule has 28 heavy (non-hydrogen) atoms. The zero-order chi connectivity index (χ0) is 20.6. The van der Waals surface area contributed by atoms with Crippen molar-refractivity contribution in [1.29, 1.82) is 0 Å². The van der Waals surface area contributed by atoms with Gasteiger partial charge in [0.2, 0.25) is 0 Å². The van der Waals surface area contributed by atoms with Crippen LogP contribution in [0.4, 0.5) is 10.5 Å². The van der Waals surface area contributed by atoms with Gasteiger partial charge < -0.3 is 15.0 Å². The molecular weight excluding hydrogens is 368 g/mol. The molecule has 0 radical (unpaired) electrons. The number of nitro benzene ring substituents is 1. The molecule has 150 valence electrons. The number of imide groups is 1. The first kappa shape index (κ1) is 19.6. The van der Waals surface area contributed by atoms with Gasteiger partial charge in [-0.05, 0) is 38.8 Å². The number of piperidine rings is 1. The maximum absolute atomic E-state index is 12.9. The summed E-state index contributed by atoms with van der Waals surface area (Å²) in [5, 5.41) is 14.1. The van der Waals surface area contributed by atoms with Gasteiger partial charge in [0.1, 0.15) is 16.9 Å². The number of benzene rings is 1. The van der Waals surface area contributed by atoms with Crippen molar-refractivity contribution in [1.82, 2.24) is 15.1 Å². The molecule has 1 aromatic rings. The molecule has 3 rings (SSSR count). The van der Waals surface area contributed by atoms with Crippen molar-refractivity contribution in [3.8, 4) is 5.75 Å². The number of rotatable bonds is 4. The lowest BCUT2D eigenvalue weighted by molar-refractivity contribution is -0.385. The van der Waals surface area contributed by atoms with E-state index < -0.39 is 22.4 Å². The molecule has 4 amide bonds. The number of likely N-dealkylation sites (tertiary alicyclic amines) is 1. The molecule has 0 aliphatic carbocycles. The number of nitro groups is 1. The Kier molecular flexibility index (Phi) is 4.97. The molecule has 2 heterocycles. The highest BCUT2D eigenvalue weighted by Gasteiger charge is 2.53. The zero-order valence-corrected chi connectivity index (χ0v) is 15.9. The summed E-state index contributed by atoms with van der Waals surface area (Å²) < 4.78 is 5.07. The number of carbonyl (C=O) groups is 3. The van der Waals surface area contributed by atoms with Gasteiger partial charge in [0.15, 0.2) is 0 Å². The van der Waals surface area contributed by atoms with Crippen LogP contribution in [-0.4, -0.2) is 64.3 Å². The summed E-state index contributed by atoms with van der Waals surface area (Å²) in [7, 11) is 1.41. The molecule has 1 N–H and O–H groups in total. The standard InChI is InChI=1S/C18H22N4O6/c1-11(2)21-16(24)18(19-17(21)25)6-8-20(9-7-18)15(23)13-10-12(28-3)4-5-14(13)22(26)27/h4-5,10-11H,6-9H2,1-3H3,(H,19,25). The maximum Gasteiger partial charge on any atom is 0.325 e. The molecule has 0 atom stereocenters. The number of hydrogen-bond acceptors (Lipinski definition) is 6. The lowest BCUT2D eigenvalue weighted by Crippen LogP contribution is -2.56. The summed E-state index contributed by atoms with van der Waals surface area (Å²) in [6.45, 7) is 3.92. The summed E-state index contributed by atoms with van der Waals surface area (Å²) in [5.74, 6) is -0.446. The average Bonchev–Trinajstić information content (AvgIpc) is 2.90. The van der Waals surface area contributed by atoms with Crippen LogP contribution in [0.15, 0.2) is 18.2 Å². The van der Waals surface area contributed by atoms with Gasteiger partial charge in [-0.2, -0.15) is 0 Å². The van der Waals surface area contributed by atoms with E-state index in [0.717, 1.165) is 0 Å². The predicted octanol–water partition coefficient (Wildman–Crippen LogP) is 1.54. The normalized spacial score (nSPS) is 18.6. The highest BCUT2D eigenvalue weighted by Crippen LogP contribution is 2.32. The molecule has 2 fully saturated rings. The Morgan fingerprint density at radius 1 is 1.29 bits per heavy atom. The fourth-order valence-electron chi connectivity index (χ4n) is 3.68. The lowest BCUT2D eigenvalue weighted by atomic mass is 9.87. The molecule has 2 saturated heterocycles. The average molecular weight is 390 g/mol. The first-order valence-corrected chi connectivity index (χ1v) is 8.97. The van der Waals surface area contributed by atoms with E-state index in [4.69, 9.17) is 4.74 Å². The van der Waals surface area contributed by atoms with Crippen LogP contribution in [0, 0.1) is 10.1 Å². The Hall–Kier alpha value is -3.17. The largest absolute Gasteiger partial charge is 0.497 e. The third kappa shape index (κ3) is 3.14. The number of nitrogens with one attached hydrogen (secondary N) is 1. The van der Waals surface area contributed by atoms with Crippen LogP contribution < -0.4 is 10.1 Å². The Balaban J connectivity index is 1.79. The van der Waals surface area contributed by atoms with Crippen molar-refractivity contribution in [2.75, 3.05) is 20.2 Å². The van der Waals surface area contributed by atoms with Crippen molar-refractivity contribution < 1.29 is 24.0 Å². The molecule has 2 aliphatic rings. The number of urea groups is 1. The molecule has 2 aliphatic heterocycles. The summed E-state index contributed by atoms with van der Waals surface area (Å²) in [6, 6.07) is 3.31. The zero-order valence-electron chi connectivity index (χ0n) is 15.9. The summed E-state index contributed by atoms with van der Waals surface area (Å²) in [4.78, 5) is 51.1. The van der Waals surface area contributed by atoms with Crippen LogP contribution in [0.5, 0.6) is 5.75 Å². The molecule has 10 heteroatoms. The molecular formula is C18H22N4O6. The first-order valence-electron chi connectivity index (χ1n) is 8.97. The van der Waals surface area contributed by atoms with E-state index in [-0.39, 0.29) is 49.1 Å². The van der Waals surface area contributed by atoms with Crippen molar-refractivity contribution in [3.63, 3.8) is 0 Å². The molecule has 10 nitrogen and oxygen atoms in total. The number of amides is 4. The summed E-state index contributed by atoms with van der Waals surface area (Å²) in [6.07, 6.45) is 0.509. The van der Waals surface area contributed by atoms with E-state index >= 15 is 0 Å². The van der Waals surface area contributed by atoms with Gasteiger partial charge in [0.25, 0.3) is 17.5 Å². The minimum Gasteiger partial charge on any atom is -0.497 e. The van der Waals surface area contributed by atoms with E-state index in [1.54, 1.807) is 13.8 Å². The smallest absolute Gasteiger partial charge is 0.325 e. The fraction of sp³-hybridized carbons (Fsp3) is 0.500. The van der Waals surface area contributed by atoms with Gasteiger partial charge in [0.05, 0.1) is 12.0 Å². The van der Waals surface area contributed by atoms with Crippen LogP contribution in [0.1, 0.15) is 37.0 Å². The minimum atomic E-state index is -1.02. The van der Waals surface area contributed by atoms with Crippen LogP contribution in [-0.2, 0) is 4.79 Å². The van der Waals surface area contributed by atoms with E-state index in [1.807, 2.05) is 0 Å². The van der Waals surface area contributed by atoms with Gasteiger partial charge in [-0.3, -0.25) is 24.6 Å². The monoisotopic (exact) mass is 390 g/mol. The third-order valence-electron chi connectivity index (χ3n) is 5.24. The number of carbonyl (C=O) groups excluding carboxylic acids is 3. The second kappa shape index (κ2) is 7.10. The van der Waals surface area contributed by atoms with Crippen LogP contribution in [0.25, 0.3) is 0 Å². The number of methoxy groups -OCH3 is 1. The summed E-state index contributed by atoms with van der Waals surface area (Å²) in [5.41, 5.74) is -1.38. The minimum absolute atomic E-state index is 0.0640. The van der Waals surface area contributed by atoms with Gasteiger partial charge >= 0.3 is 6.03 Å². The van der Waals surface area contributed by atoms with Crippen LogP contribution in [0.2, 0.25) is 0 Å². The lowest BCUT2D eigenvalue weighted by Gasteiger charge is -2.37. The Morgan fingerprint density at radius 3 is 2.43 bits per heavy atom. The quantitative estimate of drug-likeness (QED) is 0.473. The van der Waals surface area contributed by atoms with E-state index in [0.29, 0.717) is 5.75 Å². The van der Waals surface area contributed by atoms with Gasteiger partial charge in [-0.1, -0.05) is 0 Å². The van der Waals surface area contributed by atoms with Gasteiger partial charge in [-0.25, -0.2) is 4.79 Å². The highest BCUT2D eigenvalue weighted by atomic mass is 16.6. The Bertz CT molecular complexity index is 844. The molecule has 1 aromatic carbocycles. The summed E-state index contributed by atoms with van der Waals surface area (Å²) >= 11 is 0. The SMILES string of the molecule is COc1ccc([N+](=O)[O-])c(C(=O)N2CCC3(CC2)NC(=O)N(C(C)C)C3=O)c1. The third-order valence-corrected chi connectivity index (χ3v) is 5.24. The van der Waals surface area contributed by atoms with Gasteiger partial charge in [-0.15, -0.1) is 0 Å². The van der Waals surface area contributed by atoms with E-state index in [2.05, 4.69) is 5.32 Å². The first-order chi connectivity index (χ1) is 13.2. The number of ether oxygens (including phenoxy) is 1. The van der Waals surface area contributed by atoms with Crippen molar-refractivity contribution in [3.05, 3.63) is 33.9 Å². The van der Waals surface area contributed by atoms with E-state index in [9.17, 15) is 24.5 Å². The van der Waals surface area contributed by atoms with Crippen molar-refractivity contribution in [2.45, 2.75) is 38.3 Å². The van der Waals surface area contributed by atoms with E-state index in [1.165, 1.54) is 35.1 Å². The molecule has 0 aromatic heterocycles. The van der Waals surface area contributed by atoms with Crippen LogP contribution in [0.3, 0.4) is 0 Å². The predicted molar refractivity (Wildman–Crippen MR) is 98.0 cm³/mol. The second-order valence-electron chi connectivity index (χ2n) is 7.21. The molecule has 0 saturated carbocycles. The molecule has 0 bridgehead atoms. The van der Waals surface area contributed by atoms with Crippen molar-refractivity contribution in [2.24, 2.45) is 0 Å². The molecule has 1 spiro atoms. The van der Waals surface area contributed by atoms with Crippen molar-refractivity contribution >= 4 is 23.5 Å². The second-order valence-corrected chi connectivity index (χ2v) is 7.21. The number of nitrogens with zero attached hydrogens (tertiary/aromatic N) is 3. The van der Waals surface area contributed by atoms with Crippen LogP contribution >= 0.6 is 0 Å². The maximum atomic E-state index is 12.9. The Morgan fingerprint density at radius 2 is 1.93 bits per heavy atom. The topological polar surface area (TPSA) is 122 Å². The Labute approximate surface area is 161 Å².